The van der Waals surface area contributed by atoms with Crippen LogP contribution >= 0.6 is 0 Å². The Labute approximate surface area is 119 Å². The molecular weight excluding hydrogens is 250 g/mol. The lowest BCUT2D eigenvalue weighted by atomic mass is 10.2. The molecule has 0 aliphatic rings. The second kappa shape index (κ2) is 6.70. The van der Waals surface area contributed by atoms with Crippen LogP contribution in [-0.4, -0.2) is 17.4 Å². The highest BCUT2D eigenvalue weighted by molar-refractivity contribution is 6.04. The first-order valence-corrected chi connectivity index (χ1v) is 6.70. The van der Waals surface area contributed by atoms with E-state index in [2.05, 4.69) is 29.5 Å². The molecule has 0 unspecified atom stereocenters. The highest BCUT2D eigenvalue weighted by atomic mass is 16.1. The Bertz CT molecular complexity index is 567. The van der Waals surface area contributed by atoms with Gasteiger partial charge in [-0.2, -0.15) is 0 Å². The third-order valence-electron chi connectivity index (χ3n) is 2.75. The highest BCUT2D eigenvalue weighted by Gasteiger charge is 2.07. The summed E-state index contributed by atoms with van der Waals surface area (Å²) in [6, 6.07) is 11.2. The number of anilines is 2. The van der Waals surface area contributed by atoms with E-state index in [-0.39, 0.29) is 5.91 Å². The van der Waals surface area contributed by atoms with E-state index in [9.17, 15) is 4.79 Å². The summed E-state index contributed by atoms with van der Waals surface area (Å²) in [5.41, 5.74) is 2.18. The number of benzene rings is 1. The van der Waals surface area contributed by atoms with Crippen molar-refractivity contribution in [3.05, 3.63) is 54.4 Å². The molecule has 20 heavy (non-hydrogen) atoms. The van der Waals surface area contributed by atoms with Crippen LogP contribution in [0.25, 0.3) is 0 Å². The first-order valence-electron chi connectivity index (χ1n) is 6.70. The van der Waals surface area contributed by atoms with E-state index in [0.717, 1.165) is 17.9 Å². The Morgan fingerprint density at radius 2 is 1.90 bits per heavy atom. The van der Waals surface area contributed by atoms with Crippen LogP contribution in [0.5, 0.6) is 0 Å². The maximum Gasteiger partial charge on any atom is 0.257 e. The fraction of sp³-hybridized carbons (Fsp3) is 0.250. The number of hydrogen-bond donors (Lipinski definition) is 2. The van der Waals surface area contributed by atoms with Gasteiger partial charge in [0.1, 0.15) is 0 Å². The minimum atomic E-state index is -0.156. The second-order valence-corrected chi connectivity index (χ2v) is 5.06. The van der Waals surface area contributed by atoms with Crippen LogP contribution in [0.15, 0.2) is 48.8 Å². The molecule has 0 saturated carbocycles. The number of para-hydroxylation sites is 1. The molecule has 4 nitrogen and oxygen atoms in total. The molecule has 4 heteroatoms. The van der Waals surface area contributed by atoms with Crippen LogP contribution in [0.3, 0.4) is 0 Å². The Morgan fingerprint density at radius 1 is 1.15 bits per heavy atom. The van der Waals surface area contributed by atoms with Gasteiger partial charge in [0.05, 0.1) is 11.3 Å². The lowest BCUT2D eigenvalue weighted by Crippen LogP contribution is -2.13. The Kier molecular flexibility index (Phi) is 4.71. The normalized spacial score (nSPS) is 10.3. The smallest absolute Gasteiger partial charge is 0.257 e. The van der Waals surface area contributed by atoms with Crippen molar-refractivity contribution in [2.24, 2.45) is 5.92 Å². The second-order valence-electron chi connectivity index (χ2n) is 5.06. The lowest BCUT2D eigenvalue weighted by Gasteiger charge is -2.10. The van der Waals surface area contributed by atoms with Crippen LogP contribution in [0.4, 0.5) is 11.4 Å². The molecule has 1 heterocycles. The maximum atomic E-state index is 12.1. The molecular formula is C16H19N3O. The predicted octanol–water partition coefficient (Wildman–Crippen LogP) is 3.40. The Morgan fingerprint density at radius 3 is 2.60 bits per heavy atom. The predicted molar refractivity (Wildman–Crippen MR) is 82.0 cm³/mol. The Hall–Kier alpha value is -2.36. The maximum absolute atomic E-state index is 12.1. The third kappa shape index (κ3) is 4.09. The zero-order valence-electron chi connectivity index (χ0n) is 11.8. The molecule has 0 saturated heterocycles. The molecule has 2 aromatic rings. The van der Waals surface area contributed by atoms with Crippen LogP contribution in [0.2, 0.25) is 0 Å². The molecule has 0 radical (unpaired) electrons. The molecule has 2 N–H and O–H groups in total. The molecule has 0 aliphatic carbocycles. The summed E-state index contributed by atoms with van der Waals surface area (Å²) in [4.78, 5) is 16.2. The molecule has 2 rings (SSSR count). The van der Waals surface area contributed by atoms with Crippen LogP contribution in [0.1, 0.15) is 24.2 Å². The summed E-state index contributed by atoms with van der Waals surface area (Å²) >= 11 is 0. The van der Waals surface area contributed by atoms with Gasteiger partial charge in [-0.3, -0.25) is 9.78 Å². The average molecular weight is 269 g/mol. The molecule has 1 amide bonds. The average Bonchev–Trinajstić information content (AvgIpc) is 2.46. The number of nitrogens with one attached hydrogen (secondary N) is 2. The number of carbonyl (C=O) groups excluding carboxylic acids is 1. The first-order chi connectivity index (χ1) is 9.65. The van der Waals surface area contributed by atoms with Crippen molar-refractivity contribution in [3.8, 4) is 0 Å². The zero-order chi connectivity index (χ0) is 14.4. The van der Waals surface area contributed by atoms with Crippen molar-refractivity contribution < 1.29 is 4.79 Å². The molecule has 1 aromatic carbocycles. The summed E-state index contributed by atoms with van der Waals surface area (Å²) in [6.07, 6.45) is 3.29. The van der Waals surface area contributed by atoms with Crippen molar-refractivity contribution in [1.29, 1.82) is 0 Å². The van der Waals surface area contributed by atoms with Crippen LogP contribution in [-0.2, 0) is 0 Å². The van der Waals surface area contributed by atoms with Crippen molar-refractivity contribution in [1.82, 2.24) is 4.98 Å². The first kappa shape index (κ1) is 14.1. The van der Waals surface area contributed by atoms with Crippen LogP contribution < -0.4 is 10.6 Å². The van der Waals surface area contributed by atoms with E-state index < -0.39 is 0 Å². The van der Waals surface area contributed by atoms with Crippen molar-refractivity contribution >= 4 is 17.3 Å². The van der Waals surface area contributed by atoms with Gasteiger partial charge >= 0.3 is 0 Å². The largest absolute Gasteiger partial charge is 0.384 e. The molecule has 104 valence electrons. The van der Waals surface area contributed by atoms with Crippen molar-refractivity contribution in [2.45, 2.75) is 13.8 Å². The lowest BCUT2D eigenvalue weighted by molar-refractivity contribution is 0.102. The molecule has 0 bridgehead atoms. The SMILES string of the molecule is CC(C)CNc1cncc(C(=O)Nc2ccccc2)c1. The van der Waals surface area contributed by atoms with Gasteiger partial charge in [0.15, 0.2) is 0 Å². The van der Waals surface area contributed by atoms with Gasteiger partial charge in [0.25, 0.3) is 5.91 Å². The summed E-state index contributed by atoms with van der Waals surface area (Å²) in [6.45, 7) is 5.12. The number of hydrogen-bond acceptors (Lipinski definition) is 3. The Balaban J connectivity index is 2.04. The van der Waals surface area contributed by atoms with Gasteiger partial charge in [-0.1, -0.05) is 32.0 Å². The number of aromatic nitrogens is 1. The monoisotopic (exact) mass is 269 g/mol. The standard InChI is InChI=1S/C16H19N3O/c1-12(2)9-18-15-8-13(10-17-11-15)16(20)19-14-6-4-3-5-7-14/h3-8,10-12,18H,9H2,1-2H3,(H,19,20). The van der Waals surface area contributed by atoms with Crippen LogP contribution in [0, 0.1) is 5.92 Å². The highest BCUT2D eigenvalue weighted by Crippen LogP contribution is 2.12. The molecule has 0 spiro atoms. The molecule has 0 aliphatic heterocycles. The molecule has 0 atom stereocenters. The number of nitrogens with zero attached hydrogens (tertiary/aromatic N) is 1. The van der Waals surface area contributed by atoms with E-state index in [4.69, 9.17) is 0 Å². The quantitative estimate of drug-likeness (QED) is 0.874. The fourth-order valence-electron chi connectivity index (χ4n) is 1.71. The summed E-state index contributed by atoms with van der Waals surface area (Å²) in [5.74, 6) is 0.383. The van der Waals surface area contributed by atoms with Gasteiger partial charge in [-0.15, -0.1) is 0 Å². The number of pyridine rings is 1. The number of rotatable bonds is 5. The summed E-state index contributed by atoms with van der Waals surface area (Å²) in [7, 11) is 0. The fourth-order valence-corrected chi connectivity index (χ4v) is 1.71. The van der Waals surface area contributed by atoms with E-state index >= 15 is 0 Å². The zero-order valence-corrected chi connectivity index (χ0v) is 11.8. The minimum absolute atomic E-state index is 0.156. The van der Waals surface area contributed by atoms with E-state index in [0.29, 0.717) is 11.5 Å². The summed E-state index contributed by atoms with van der Waals surface area (Å²) in [5, 5.41) is 6.10. The summed E-state index contributed by atoms with van der Waals surface area (Å²) < 4.78 is 0. The van der Waals surface area contributed by atoms with E-state index in [1.807, 2.05) is 36.4 Å². The van der Waals surface area contributed by atoms with E-state index in [1.165, 1.54) is 0 Å². The third-order valence-corrected chi connectivity index (χ3v) is 2.75. The van der Waals surface area contributed by atoms with Gasteiger partial charge < -0.3 is 10.6 Å². The topological polar surface area (TPSA) is 54.0 Å². The van der Waals surface area contributed by atoms with Gasteiger partial charge in [-0.05, 0) is 24.1 Å². The van der Waals surface area contributed by atoms with Crippen molar-refractivity contribution in [2.75, 3.05) is 17.2 Å². The minimum Gasteiger partial charge on any atom is -0.384 e. The number of carbonyl (C=O) groups is 1. The van der Waals surface area contributed by atoms with Gasteiger partial charge in [0, 0.05) is 24.6 Å². The van der Waals surface area contributed by atoms with Gasteiger partial charge in [0.2, 0.25) is 0 Å². The molecule has 0 fully saturated rings. The van der Waals surface area contributed by atoms with E-state index in [1.54, 1.807) is 12.4 Å². The number of amides is 1. The van der Waals surface area contributed by atoms with Crippen molar-refractivity contribution in [3.63, 3.8) is 0 Å². The molecule has 1 aromatic heterocycles. The van der Waals surface area contributed by atoms with Gasteiger partial charge in [-0.25, -0.2) is 0 Å².